The molecule has 0 N–H and O–H groups in total. The second kappa shape index (κ2) is 30.9. The summed E-state index contributed by atoms with van der Waals surface area (Å²) in [4.78, 5) is 10.1. The summed E-state index contributed by atoms with van der Waals surface area (Å²) >= 11 is 0. The molecule has 0 rings (SSSR count). The molecule has 0 aliphatic heterocycles. The third-order valence-corrected chi connectivity index (χ3v) is 35.3. The van der Waals surface area contributed by atoms with E-state index in [0.717, 1.165) is 80.8 Å². The van der Waals surface area contributed by atoms with Crippen molar-refractivity contribution in [3.8, 4) is 0 Å². The number of hydrogen-bond donors (Lipinski definition) is 0. The zero-order valence-electron chi connectivity index (χ0n) is 40.1. The third kappa shape index (κ3) is 24.1. The van der Waals surface area contributed by atoms with Crippen LogP contribution in [0.3, 0.4) is 0 Å². The van der Waals surface area contributed by atoms with Gasteiger partial charge < -0.3 is 52.2 Å². The standard InChI is InChI=1S/C37H90O14Si7/c1-17-47-48-30-25-23-21-19-18-20-22-24-26-34-58(49-52(11,12)31-27-35-55(38-2,39-3)40-4,50-53(13,14)32-28-36-56(41-5,42-6)43-7)51-54(15,16)33-29-37-57(44-8,45-9)46-10/h17-37H2,1-16H3. The van der Waals surface area contributed by atoms with Gasteiger partial charge in [-0.15, -0.1) is 0 Å². The van der Waals surface area contributed by atoms with E-state index in [-0.39, 0.29) is 0 Å². The zero-order chi connectivity index (χ0) is 44.2. The van der Waals surface area contributed by atoms with E-state index in [2.05, 4.69) is 39.3 Å². The molecule has 0 heterocycles. The van der Waals surface area contributed by atoms with Crippen LogP contribution < -0.4 is 0 Å². The van der Waals surface area contributed by atoms with Gasteiger partial charge >= 0.3 is 35.2 Å². The predicted molar refractivity (Wildman–Crippen MR) is 248 cm³/mol. The molecule has 0 saturated carbocycles. The van der Waals surface area contributed by atoms with Crippen LogP contribution in [-0.2, 0) is 62.0 Å². The molecule has 58 heavy (non-hydrogen) atoms. The molecule has 0 spiro atoms. The van der Waals surface area contributed by atoms with E-state index in [1.54, 1.807) is 64.0 Å². The van der Waals surface area contributed by atoms with Crippen LogP contribution in [0.25, 0.3) is 0 Å². The first-order valence-corrected chi connectivity index (χ1v) is 38.7. The van der Waals surface area contributed by atoms with Gasteiger partial charge in [0.15, 0.2) is 25.0 Å². The maximum atomic E-state index is 7.59. The molecule has 0 amide bonds. The Balaban J connectivity index is 6.39. The normalized spacial score (nSPS) is 13.9. The van der Waals surface area contributed by atoms with E-state index >= 15 is 0 Å². The van der Waals surface area contributed by atoms with Gasteiger partial charge in [0.25, 0.3) is 0 Å². The highest BCUT2D eigenvalue weighted by Gasteiger charge is 2.53. The average Bonchev–Trinajstić information content (AvgIpc) is 3.18. The fourth-order valence-electron chi connectivity index (χ4n) is 7.37. The van der Waals surface area contributed by atoms with Crippen LogP contribution in [-0.4, -0.2) is 137 Å². The van der Waals surface area contributed by atoms with Crippen molar-refractivity contribution in [1.82, 2.24) is 0 Å². The Bertz CT molecular complexity index is 884. The van der Waals surface area contributed by atoms with Gasteiger partial charge in [0.05, 0.1) is 13.2 Å². The van der Waals surface area contributed by atoms with Crippen LogP contribution in [0.2, 0.25) is 81.6 Å². The molecule has 14 nitrogen and oxygen atoms in total. The van der Waals surface area contributed by atoms with E-state index < -0.39 is 60.2 Å². The van der Waals surface area contributed by atoms with Crippen LogP contribution in [0.15, 0.2) is 0 Å². The first kappa shape index (κ1) is 59.0. The van der Waals surface area contributed by atoms with Crippen LogP contribution in [0.4, 0.5) is 0 Å². The molecule has 0 aromatic rings. The summed E-state index contributed by atoms with van der Waals surface area (Å²) in [6.07, 6.45) is 13.1. The molecule has 0 radical (unpaired) electrons. The van der Waals surface area contributed by atoms with Gasteiger partial charge in [-0.25, -0.2) is 9.78 Å². The largest absolute Gasteiger partial charge is 0.500 e. The summed E-state index contributed by atoms with van der Waals surface area (Å²) in [5, 5.41) is 0. The van der Waals surface area contributed by atoms with Gasteiger partial charge in [0.1, 0.15) is 0 Å². The van der Waals surface area contributed by atoms with E-state index in [1.165, 1.54) is 38.5 Å². The maximum Gasteiger partial charge on any atom is 0.500 e. The highest BCUT2D eigenvalue weighted by molar-refractivity contribution is 6.90. The summed E-state index contributed by atoms with van der Waals surface area (Å²) in [7, 11) is -3.38. The molecule has 0 saturated heterocycles. The summed E-state index contributed by atoms with van der Waals surface area (Å²) in [5.41, 5.74) is 0. The molecule has 0 aliphatic carbocycles. The monoisotopic (exact) mass is 954 g/mol. The second-order valence-electron chi connectivity index (χ2n) is 16.9. The minimum absolute atomic E-state index is 0.592. The summed E-state index contributed by atoms with van der Waals surface area (Å²) < 4.78 is 74.7. The van der Waals surface area contributed by atoms with Crippen LogP contribution in [0.5, 0.6) is 0 Å². The minimum Gasteiger partial charge on any atom is -0.417 e. The van der Waals surface area contributed by atoms with Crippen molar-refractivity contribution < 1.29 is 62.0 Å². The van der Waals surface area contributed by atoms with E-state index in [1.807, 2.05) is 6.92 Å². The molecule has 0 bridgehead atoms. The molecule has 0 aromatic carbocycles. The Hall–Kier alpha value is 0.958. The quantitative estimate of drug-likeness (QED) is 0.0250. The fraction of sp³-hybridized carbons (Fsp3) is 1.00. The van der Waals surface area contributed by atoms with Gasteiger partial charge in [-0.1, -0.05) is 44.9 Å². The van der Waals surface area contributed by atoms with Crippen LogP contribution in [0, 0.1) is 0 Å². The topological polar surface area (TPSA) is 129 Å². The van der Waals surface area contributed by atoms with Crippen molar-refractivity contribution in [1.29, 1.82) is 0 Å². The third-order valence-electron chi connectivity index (χ3n) is 10.8. The molecule has 0 aromatic heterocycles. The van der Waals surface area contributed by atoms with Crippen molar-refractivity contribution in [3.63, 3.8) is 0 Å². The lowest BCUT2D eigenvalue weighted by atomic mass is 10.1. The van der Waals surface area contributed by atoms with Gasteiger partial charge in [-0.2, -0.15) is 0 Å². The highest BCUT2D eigenvalue weighted by Crippen LogP contribution is 2.36. The van der Waals surface area contributed by atoms with Gasteiger partial charge in [0.2, 0.25) is 0 Å². The molecule has 0 aliphatic rings. The first-order chi connectivity index (χ1) is 27.3. The SMILES string of the molecule is CCOOCCCCCCCCCCC[Si](O[Si](C)(C)CCC[Si](OC)(OC)OC)(O[Si](C)(C)CCC[Si](OC)(OC)OC)O[Si](C)(C)CCC[Si](OC)(OC)OC. The maximum absolute atomic E-state index is 7.59. The van der Waals surface area contributed by atoms with Crippen LogP contribution >= 0.6 is 0 Å². The Morgan fingerprint density at radius 1 is 0.276 bits per heavy atom. The van der Waals surface area contributed by atoms with Crippen molar-refractivity contribution in [2.75, 3.05) is 77.2 Å². The molecule has 0 fully saturated rings. The van der Waals surface area contributed by atoms with Crippen molar-refractivity contribution in [3.05, 3.63) is 0 Å². The Kier molecular flexibility index (Phi) is 31.4. The Morgan fingerprint density at radius 2 is 0.534 bits per heavy atom. The summed E-state index contributed by atoms with van der Waals surface area (Å²) in [6.45, 7) is 17.1. The predicted octanol–water partition coefficient (Wildman–Crippen LogP) is 9.87. The summed E-state index contributed by atoms with van der Waals surface area (Å²) in [6, 6.07) is 5.72. The van der Waals surface area contributed by atoms with E-state index in [4.69, 9.17) is 62.0 Å². The molecular weight excluding hydrogens is 865 g/mol. The van der Waals surface area contributed by atoms with E-state index in [9.17, 15) is 0 Å². The Morgan fingerprint density at radius 3 is 0.810 bits per heavy atom. The van der Waals surface area contributed by atoms with Crippen LogP contribution in [0.1, 0.15) is 84.0 Å². The van der Waals surface area contributed by atoms with Gasteiger partial charge in [0, 0.05) is 88.2 Å². The molecule has 21 heteroatoms. The fourth-order valence-corrected chi connectivity index (χ4v) is 31.5. The van der Waals surface area contributed by atoms with Crippen molar-refractivity contribution >= 4 is 60.2 Å². The lowest BCUT2D eigenvalue weighted by Gasteiger charge is -2.45. The van der Waals surface area contributed by atoms with E-state index in [0.29, 0.717) is 13.2 Å². The smallest absolute Gasteiger partial charge is 0.417 e. The number of hydrogen-bond acceptors (Lipinski definition) is 14. The lowest BCUT2D eigenvalue weighted by Crippen LogP contribution is -2.62. The van der Waals surface area contributed by atoms with Gasteiger partial charge in [-0.3, -0.25) is 0 Å². The highest BCUT2D eigenvalue weighted by atomic mass is 28.5. The van der Waals surface area contributed by atoms with Crippen molar-refractivity contribution in [2.45, 2.75) is 166 Å². The Labute approximate surface area is 363 Å². The summed E-state index contributed by atoms with van der Waals surface area (Å²) in [5.74, 6) is 0. The zero-order valence-corrected chi connectivity index (χ0v) is 47.1. The molecule has 0 unspecified atom stereocenters. The first-order valence-electron chi connectivity index (χ1n) is 21.7. The number of unbranched alkanes of at least 4 members (excludes halogenated alkanes) is 8. The second-order valence-corrected chi connectivity index (χ2v) is 42.5. The van der Waals surface area contributed by atoms with Gasteiger partial charge in [-0.05, 0) is 96.4 Å². The average molecular weight is 956 g/mol. The molecule has 350 valence electrons. The minimum atomic E-state index is -3.25. The lowest BCUT2D eigenvalue weighted by molar-refractivity contribution is -0.291. The van der Waals surface area contributed by atoms with Crippen molar-refractivity contribution in [2.24, 2.45) is 0 Å². The number of rotatable bonds is 41. The molecular formula is C37H90O14Si7. The molecule has 0 atom stereocenters.